The third-order valence-electron chi connectivity index (χ3n) is 2.34. The second-order valence-electron chi connectivity index (χ2n) is 3.46. The van der Waals surface area contributed by atoms with Gasteiger partial charge in [0, 0.05) is 6.04 Å². The Labute approximate surface area is 86.5 Å². The fourth-order valence-electron chi connectivity index (χ4n) is 1.48. The van der Waals surface area contributed by atoms with Crippen LogP contribution in [0.4, 0.5) is 0 Å². The first kappa shape index (κ1) is 10.8. The minimum absolute atomic E-state index is 0.381. The standard InChI is InChI=1S/C13H17N/c1-4-10-14-13(5-2)12-8-6-11(3)7-9-12/h1,6-9,13-14H,5,10H2,2-3H3. The highest BCUT2D eigenvalue weighted by Gasteiger charge is 2.06. The van der Waals surface area contributed by atoms with Gasteiger partial charge < -0.3 is 0 Å². The molecule has 1 unspecified atom stereocenters. The summed E-state index contributed by atoms with van der Waals surface area (Å²) in [6, 6.07) is 8.97. The fraction of sp³-hybridized carbons (Fsp3) is 0.385. The Balaban J connectivity index is 2.69. The molecule has 0 aliphatic carbocycles. The Morgan fingerprint density at radius 3 is 2.50 bits per heavy atom. The van der Waals surface area contributed by atoms with Crippen LogP contribution in [0.5, 0.6) is 0 Å². The van der Waals surface area contributed by atoms with Gasteiger partial charge >= 0.3 is 0 Å². The summed E-state index contributed by atoms with van der Waals surface area (Å²) in [5.74, 6) is 2.60. The molecule has 0 heterocycles. The van der Waals surface area contributed by atoms with Crippen molar-refractivity contribution in [2.75, 3.05) is 6.54 Å². The van der Waals surface area contributed by atoms with Crippen LogP contribution in [-0.4, -0.2) is 6.54 Å². The molecule has 0 spiro atoms. The average Bonchev–Trinajstić information content (AvgIpc) is 2.21. The topological polar surface area (TPSA) is 12.0 Å². The number of aryl methyl sites for hydroxylation is 1. The lowest BCUT2D eigenvalue weighted by atomic mass is 10.0. The predicted octanol–water partition coefficient (Wildman–Crippen LogP) is 2.67. The summed E-state index contributed by atoms with van der Waals surface area (Å²) in [4.78, 5) is 0. The van der Waals surface area contributed by atoms with Gasteiger partial charge in [-0.05, 0) is 18.9 Å². The Hall–Kier alpha value is -1.26. The normalized spacial score (nSPS) is 12.1. The number of rotatable bonds is 4. The lowest BCUT2D eigenvalue weighted by molar-refractivity contribution is 0.555. The zero-order chi connectivity index (χ0) is 10.4. The maximum atomic E-state index is 5.22. The first-order valence-corrected chi connectivity index (χ1v) is 5.01. The molecule has 14 heavy (non-hydrogen) atoms. The van der Waals surface area contributed by atoms with Gasteiger partial charge in [0.2, 0.25) is 0 Å². The summed E-state index contributed by atoms with van der Waals surface area (Å²) in [6.45, 7) is 4.89. The lowest BCUT2D eigenvalue weighted by Gasteiger charge is -2.15. The second-order valence-corrected chi connectivity index (χ2v) is 3.46. The molecule has 1 heteroatoms. The maximum absolute atomic E-state index is 5.22. The fourth-order valence-corrected chi connectivity index (χ4v) is 1.48. The van der Waals surface area contributed by atoms with Crippen molar-refractivity contribution in [1.82, 2.24) is 5.32 Å². The Kier molecular flexibility index (Phi) is 4.22. The van der Waals surface area contributed by atoms with E-state index in [-0.39, 0.29) is 0 Å². The summed E-state index contributed by atoms with van der Waals surface area (Å²) in [5.41, 5.74) is 2.61. The van der Waals surface area contributed by atoms with Gasteiger partial charge in [-0.25, -0.2) is 0 Å². The first-order valence-electron chi connectivity index (χ1n) is 5.01. The van der Waals surface area contributed by atoms with Gasteiger partial charge in [-0.3, -0.25) is 5.32 Å². The van der Waals surface area contributed by atoms with Gasteiger partial charge in [-0.1, -0.05) is 42.7 Å². The molecule has 0 amide bonds. The van der Waals surface area contributed by atoms with Crippen LogP contribution >= 0.6 is 0 Å². The van der Waals surface area contributed by atoms with Crippen molar-refractivity contribution in [1.29, 1.82) is 0 Å². The molecule has 1 N–H and O–H groups in total. The van der Waals surface area contributed by atoms with Crippen molar-refractivity contribution in [2.45, 2.75) is 26.3 Å². The summed E-state index contributed by atoms with van der Waals surface area (Å²) >= 11 is 0. The van der Waals surface area contributed by atoms with Crippen molar-refractivity contribution in [2.24, 2.45) is 0 Å². The molecule has 0 bridgehead atoms. The Bertz CT molecular complexity index is 305. The van der Waals surface area contributed by atoms with E-state index in [1.807, 2.05) is 0 Å². The number of terminal acetylenes is 1. The van der Waals surface area contributed by atoms with E-state index in [9.17, 15) is 0 Å². The van der Waals surface area contributed by atoms with Crippen LogP contribution in [0.2, 0.25) is 0 Å². The van der Waals surface area contributed by atoms with Crippen LogP contribution in [0, 0.1) is 19.3 Å². The van der Waals surface area contributed by atoms with Gasteiger partial charge in [0.25, 0.3) is 0 Å². The zero-order valence-corrected chi connectivity index (χ0v) is 8.88. The monoisotopic (exact) mass is 187 g/mol. The number of benzene rings is 1. The molecule has 0 saturated carbocycles. The number of hydrogen-bond donors (Lipinski definition) is 1. The van der Waals surface area contributed by atoms with Crippen molar-refractivity contribution in [3.8, 4) is 12.3 Å². The van der Waals surface area contributed by atoms with Crippen LogP contribution < -0.4 is 5.32 Å². The Morgan fingerprint density at radius 2 is 2.00 bits per heavy atom. The van der Waals surface area contributed by atoms with E-state index in [1.54, 1.807) is 0 Å². The molecular formula is C13H17N. The average molecular weight is 187 g/mol. The maximum Gasteiger partial charge on any atom is 0.0578 e. The summed E-state index contributed by atoms with van der Waals surface area (Å²) in [7, 11) is 0. The third kappa shape index (κ3) is 2.90. The third-order valence-corrected chi connectivity index (χ3v) is 2.34. The molecule has 1 atom stereocenters. The number of hydrogen-bond acceptors (Lipinski definition) is 1. The highest BCUT2D eigenvalue weighted by Crippen LogP contribution is 2.16. The van der Waals surface area contributed by atoms with E-state index in [0.717, 1.165) is 6.42 Å². The van der Waals surface area contributed by atoms with E-state index >= 15 is 0 Å². The van der Waals surface area contributed by atoms with Crippen molar-refractivity contribution >= 4 is 0 Å². The van der Waals surface area contributed by atoms with Gasteiger partial charge in [0.15, 0.2) is 0 Å². The summed E-state index contributed by atoms with van der Waals surface area (Å²) in [5, 5.41) is 3.32. The molecule has 1 aromatic rings. The minimum Gasteiger partial charge on any atom is -0.299 e. The van der Waals surface area contributed by atoms with E-state index in [2.05, 4.69) is 49.4 Å². The molecule has 0 aliphatic rings. The van der Waals surface area contributed by atoms with E-state index < -0.39 is 0 Å². The molecule has 1 aromatic carbocycles. The van der Waals surface area contributed by atoms with Crippen molar-refractivity contribution in [3.05, 3.63) is 35.4 Å². The van der Waals surface area contributed by atoms with E-state index in [4.69, 9.17) is 6.42 Å². The van der Waals surface area contributed by atoms with Crippen LogP contribution in [0.25, 0.3) is 0 Å². The largest absolute Gasteiger partial charge is 0.299 e. The van der Waals surface area contributed by atoms with Crippen molar-refractivity contribution in [3.63, 3.8) is 0 Å². The second kappa shape index (κ2) is 5.47. The van der Waals surface area contributed by atoms with E-state index in [1.165, 1.54) is 11.1 Å². The summed E-state index contributed by atoms with van der Waals surface area (Å²) in [6.07, 6.45) is 6.28. The Morgan fingerprint density at radius 1 is 1.36 bits per heavy atom. The van der Waals surface area contributed by atoms with Crippen LogP contribution in [0.15, 0.2) is 24.3 Å². The summed E-state index contributed by atoms with van der Waals surface area (Å²) < 4.78 is 0. The first-order chi connectivity index (χ1) is 6.77. The van der Waals surface area contributed by atoms with E-state index in [0.29, 0.717) is 12.6 Å². The van der Waals surface area contributed by atoms with Crippen LogP contribution in [0.3, 0.4) is 0 Å². The van der Waals surface area contributed by atoms with Gasteiger partial charge in [-0.2, -0.15) is 0 Å². The molecule has 0 aromatic heterocycles. The lowest BCUT2D eigenvalue weighted by Crippen LogP contribution is -2.20. The molecule has 74 valence electrons. The zero-order valence-electron chi connectivity index (χ0n) is 8.88. The molecule has 1 nitrogen and oxygen atoms in total. The molecule has 0 aliphatic heterocycles. The smallest absolute Gasteiger partial charge is 0.0578 e. The molecular weight excluding hydrogens is 170 g/mol. The predicted molar refractivity (Wildman–Crippen MR) is 61.0 cm³/mol. The number of nitrogens with one attached hydrogen (secondary N) is 1. The van der Waals surface area contributed by atoms with Gasteiger partial charge in [-0.15, -0.1) is 6.42 Å². The van der Waals surface area contributed by atoms with Crippen molar-refractivity contribution < 1.29 is 0 Å². The highest BCUT2D eigenvalue weighted by molar-refractivity contribution is 5.24. The molecule has 0 fully saturated rings. The quantitative estimate of drug-likeness (QED) is 0.715. The van der Waals surface area contributed by atoms with Gasteiger partial charge in [0.05, 0.1) is 6.54 Å². The minimum atomic E-state index is 0.381. The molecule has 0 saturated heterocycles. The van der Waals surface area contributed by atoms with Crippen LogP contribution in [-0.2, 0) is 0 Å². The van der Waals surface area contributed by atoms with Gasteiger partial charge in [0.1, 0.15) is 0 Å². The molecule has 0 radical (unpaired) electrons. The van der Waals surface area contributed by atoms with Crippen LogP contribution in [0.1, 0.15) is 30.5 Å². The highest BCUT2D eigenvalue weighted by atomic mass is 14.9. The molecule has 1 rings (SSSR count). The SMILES string of the molecule is C#CCNC(CC)c1ccc(C)cc1.